The fourth-order valence-electron chi connectivity index (χ4n) is 5.75. The van der Waals surface area contributed by atoms with Gasteiger partial charge in [0, 0.05) is 25.7 Å². The topological polar surface area (TPSA) is 23.6 Å². The molecule has 200 valence electrons. The number of hydrogen-bond acceptors (Lipinski definition) is 2. The largest absolute Gasteiger partial charge is 0.338 e. The van der Waals surface area contributed by atoms with E-state index >= 15 is 0 Å². The van der Waals surface area contributed by atoms with Gasteiger partial charge in [-0.1, -0.05) is 103 Å². The van der Waals surface area contributed by atoms with Crippen molar-refractivity contribution in [2.45, 2.75) is 50.7 Å². The quantitative estimate of drug-likeness (QED) is 0.220. The number of aryl methyl sites for hydroxylation is 2. The Balaban J connectivity index is 1.42. The second-order valence-electron chi connectivity index (χ2n) is 10.5. The SMILES string of the molecule is O=C1C(c2ccccc2)N(Cc2ccc(F)cc2)CCCN1C(CCc1ccccc1)CCc1ccccc1. The van der Waals surface area contributed by atoms with Gasteiger partial charge in [0.15, 0.2) is 0 Å². The van der Waals surface area contributed by atoms with Gasteiger partial charge in [-0.25, -0.2) is 4.39 Å². The van der Waals surface area contributed by atoms with E-state index in [4.69, 9.17) is 0 Å². The van der Waals surface area contributed by atoms with E-state index in [-0.39, 0.29) is 23.8 Å². The van der Waals surface area contributed by atoms with Crippen molar-refractivity contribution in [2.24, 2.45) is 0 Å². The van der Waals surface area contributed by atoms with Crippen molar-refractivity contribution in [3.8, 4) is 0 Å². The minimum absolute atomic E-state index is 0.148. The lowest BCUT2D eigenvalue weighted by molar-refractivity contribution is -0.138. The van der Waals surface area contributed by atoms with Crippen LogP contribution in [0.15, 0.2) is 115 Å². The van der Waals surface area contributed by atoms with E-state index in [1.807, 2.05) is 30.3 Å². The van der Waals surface area contributed by atoms with Crippen molar-refractivity contribution in [1.82, 2.24) is 9.80 Å². The zero-order chi connectivity index (χ0) is 26.9. The summed E-state index contributed by atoms with van der Waals surface area (Å²) in [5.41, 5.74) is 4.65. The van der Waals surface area contributed by atoms with Crippen molar-refractivity contribution < 1.29 is 9.18 Å². The van der Waals surface area contributed by atoms with E-state index in [1.54, 1.807) is 0 Å². The molecule has 4 aromatic rings. The highest BCUT2D eigenvalue weighted by Gasteiger charge is 2.36. The van der Waals surface area contributed by atoms with Crippen LogP contribution in [0, 0.1) is 5.82 Å². The van der Waals surface area contributed by atoms with Crippen LogP contribution >= 0.6 is 0 Å². The van der Waals surface area contributed by atoms with Gasteiger partial charge in [-0.15, -0.1) is 0 Å². The number of carbonyl (C=O) groups excluding carboxylic acids is 1. The average Bonchev–Trinajstić information content (AvgIpc) is 3.14. The maximum Gasteiger partial charge on any atom is 0.244 e. The molecule has 1 aliphatic rings. The Morgan fingerprint density at radius 3 is 1.77 bits per heavy atom. The van der Waals surface area contributed by atoms with Crippen molar-refractivity contribution in [3.05, 3.63) is 143 Å². The van der Waals surface area contributed by atoms with Crippen LogP contribution in [0.2, 0.25) is 0 Å². The molecule has 1 aliphatic heterocycles. The number of halogens is 1. The molecule has 0 bridgehead atoms. The summed E-state index contributed by atoms with van der Waals surface area (Å²) < 4.78 is 13.6. The third-order valence-corrected chi connectivity index (χ3v) is 7.80. The van der Waals surface area contributed by atoms with Gasteiger partial charge in [-0.05, 0) is 66.5 Å². The Labute approximate surface area is 231 Å². The molecular weight excluding hydrogens is 483 g/mol. The second-order valence-corrected chi connectivity index (χ2v) is 10.5. The third-order valence-electron chi connectivity index (χ3n) is 7.80. The van der Waals surface area contributed by atoms with Crippen LogP contribution in [0.1, 0.15) is 47.6 Å². The molecule has 0 aromatic heterocycles. The molecule has 4 heteroatoms. The first kappa shape index (κ1) is 26.8. The summed E-state index contributed by atoms with van der Waals surface area (Å²) in [6.07, 6.45) is 4.66. The van der Waals surface area contributed by atoms with E-state index in [0.717, 1.165) is 56.3 Å². The van der Waals surface area contributed by atoms with E-state index < -0.39 is 0 Å². The highest BCUT2D eigenvalue weighted by molar-refractivity contribution is 5.84. The third kappa shape index (κ3) is 7.21. The molecule has 1 fully saturated rings. The highest BCUT2D eigenvalue weighted by atomic mass is 19.1. The van der Waals surface area contributed by atoms with Gasteiger partial charge in [-0.3, -0.25) is 9.69 Å². The normalized spacial score (nSPS) is 16.4. The molecule has 1 atom stereocenters. The minimum atomic E-state index is -0.366. The van der Waals surface area contributed by atoms with Crippen LogP contribution in [0.25, 0.3) is 0 Å². The van der Waals surface area contributed by atoms with Crippen molar-refractivity contribution in [1.29, 1.82) is 0 Å². The lowest BCUT2D eigenvalue weighted by Gasteiger charge is -2.35. The number of rotatable bonds is 10. The van der Waals surface area contributed by atoms with Crippen LogP contribution in [0.5, 0.6) is 0 Å². The van der Waals surface area contributed by atoms with Gasteiger partial charge in [0.25, 0.3) is 0 Å². The zero-order valence-electron chi connectivity index (χ0n) is 22.5. The minimum Gasteiger partial charge on any atom is -0.338 e. The van der Waals surface area contributed by atoms with Gasteiger partial charge >= 0.3 is 0 Å². The van der Waals surface area contributed by atoms with Gasteiger partial charge in [0.2, 0.25) is 5.91 Å². The van der Waals surface area contributed by atoms with E-state index in [2.05, 4.69) is 82.6 Å². The molecule has 0 N–H and O–H groups in total. The summed E-state index contributed by atoms with van der Waals surface area (Å²) in [6, 6.07) is 37.7. The Bertz CT molecular complexity index is 1250. The van der Waals surface area contributed by atoms with Gasteiger partial charge in [0.1, 0.15) is 11.9 Å². The molecule has 3 nitrogen and oxygen atoms in total. The number of carbonyl (C=O) groups is 1. The number of benzene rings is 4. The van der Waals surface area contributed by atoms with Crippen molar-refractivity contribution >= 4 is 5.91 Å². The lowest BCUT2D eigenvalue weighted by atomic mass is 9.96. The molecule has 1 amide bonds. The monoisotopic (exact) mass is 520 g/mol. The van der Waals surface area contributed by atoms with Crippen LogP contribution in [0.3, 0.4) is 0 Å². The molecule has 1 heterocycles. The summed E-state index contributed by atoms with van der Waals surface area (Å²) in [7, 11) is 0. The number of amides is 1. The first-order valence-electron chi connectivity index (χ1n) is 14.1. The van der Waals surface area contributed by atoms with Crippen LogP contribution in [-0.2, 0) is 24.2 Å². The van der Waals surface area contributed by atoms with Crippen molar-refractivity contribution in [3.63, 3.8) is 0 Å². The van der Waals surface area contributed by atoms with E-state index in [9.17, 15) is 9.18 Å². The van der Waals surface area contributed by atoms with Crippen LogP contribution < -0.4 is 0 Å². The fraction of sp³-hybridized carbons (Fsp3) is 0.286. The zero-order valence-corrected chi connectivity index (χ0v) is 22.5. The number of hydrogen-bond donors (Lipinski definition) is 0. The predicted molar refractivity (Wildman–Crippen MR) is 156 cm³/mol. The maximum absolute atomic E-state index is 14.5. The first-order valence-corrected chi connectivity index (χ1v) is 14.1. The molecule has 0 saturated carbocycles. The molecule has 0 aliphatic carbocycles. The van der Waals surface area contributed by atoms with Gasteiger partial charge in [0.05, 0.1) is 0 Å². The summed E-state index contributed by atoms with van der Waals surface area (Å²) in [4.78, 5) is 18.9. The molecule has 1 saturated heterocycles. The summed E-state index contributed by atoms with van der Waals surface area (Å²) in [5.74, 6) is -0.0666. The highest BCUT2D eigenvalue weighted by Crippen LogP contribution is 2.31. The number of nitrogens with zero attached hydrogens (tertiary/aromatic N) is 2. The van der Waals surface area contributed by atoms with Crippen molar-refractivity contribution in [2.75, 3.05) is 13.1 Å². The van der Waals surface area contributed by atoms with Crippen LogP contribution in [0.4, 0.5) is 4.39 Å². The smallest absolute Gasteiger partial charge is 0.244 e. The second kappa shape index (κ2) is 13.3. The van der Waals surface area contributed by atoms with Crippen LogP contribution in [-0.4, -0.2) is 34.8 Å². The van der Waals surface area contributed by atoms with E-state index in [0.29, 0.717) is 6.54 Å². The Morgan fingerprint density at radius 2 is 1.21 bits per heavy atom. The Kier molecular flexibility index (Phi) is 9.18. The lowest BCUT2D eigenvalue weighted by Crippen LogP contribution is -2.45. The summed E-state index contributed by atoms with van der Waals surface area (Å²) in [5, 5.41) is 0. The Morgan fingerprint density at radius 1 is 0.667 bits per heavy atom. The van der Waals surface area contributed by atoms with E-state index in [1.165, 1.54) is 23.3 Å². The Hall–Kier alpha value is -3.76. The summed E-state index contributed by atoms with van der Waals surface area (Å²) >= 11 is 0. The maximum atomic E-state index is 14.5. The molecule has 5 rings (SSSR count). The molecule has 4 aromatic carbocycles. The molecular formula is C35H37FN2O. The van der Waals surface area contributed by atoms with Gasteiger partial charge < -0.3 is 4.90 Å². The molecule has 0 spiro atoms. The molecule has 1 unspecified atom stereocenters. The standard InChI is InChI=1S/C35H37FN2O/c36-32-21-17-30(18-22-32)27-37-25-10-26-38(35(39)34(37)31-15-8-3-9-16-31)33(23-19-28-11-4-1-5-12-28)24-20-29-13-6-2-7-14-29/h1-9,11-18,21-22,33-34H,10,19-20,23-27H2. The molecule has 39 heavy (non-hydrogen) atoms. The fourth-order valence-corrected chi connectivity index (χ4v) is 5.75. The molecule has 0 radical (unpaired) electrons. The average molecular weight is 521 g/mol. The first-order chi connectivity index (χ1) is 19.2. The van der Waals surface area contributed by atoms with Gasteiger partial charge in [-0.2, -0.15) is 0 Å². The summed E-state index contributed by atoms with van der Waals surface area (Å²) in [6.45, 7) is 2.16. The predicted octanol–water partition coefficient (Wildman–Crippen LogP) is 7.24.